The number of pyridine rings is 1. The van der Waals surface area contributed by atoms with Crippen molar-refractivity contribution < 1.29 is 13.9 Å². The number of aromatic nitrogens is 1. The van der Waals surface area contributed by atoms with Crippen LogP contribution in [0.25, 0.3) is 0 Å². The normalized spacial score (nSPS) is 13.5. The molecule has 3 rings (SSSR count). The van der Waals surface area contributed by atoms with Gasteiger partial charge in [-0.25, -0.2) is 9.37 Å². The molecule has 0 radical (unpaired) electrons. The molecular weight excluding hydrogens is 309 g/mol. The van der Waals surface area contributed by atoms with E-state index in [-0.39, 0.29) is 11.7 Å². The Balaban J connectivity index is 1.47. The fraction of sp³-hybridized carbons (Fsp3) is 0.333. The van der Waals surface area contributed by atoms with Gasteiger partial charge in [-0.2, -0.15) is 0 Å². The van der Waals surface area contributed by atoms with Gasteiger partial charge in [0.2, 0.25) is 11.8 Å². The van der Waals surface area contributed by atoms with Gasteiger partial charge in [0.25, 0.3) is 0 Å². The number of nitrogens with zero attached hydrogens (tertiary/aromatic N) is 1. The van der Waals surface area contributed by atoms with Crippen LogP contribution in [0.15, 0.2) is 42.6 Å². The molecule has 2 N–H and O–H groups in total. The van der Waals surface area contributed by atoms with Gasteiger partial charge < -0.3 is 15.4 Å². The highest BCUT2D eigenvalue weighted by Crippen LogP contribution is 2.27. The fourth-order valence-corrected chi connectivity index (χ4v) is 2.21. The van der Waals surface area contributed by atoms with Crippen LogP contribution in [0.4, 0.5) is 4.39 Å². The van der Waals surface area contributed by atoms with Crippen molar-refractivity contribution in [1.82, 2.24) is 15.6 Å². The first-order chi connectivity index (χ1) is 11.7. The zero-order chi connectivity index (χ0) is 16.8. The molecule has 0 unspecified atom stereocenters. The van der Waals surface area contributed by atoms with Gasteiger partial charge in [-0.3, -0.25) is 4.79 Å². The second-order valence-corrected chi connectivity index (χ2v) is 5.91. The average molecular weight is 329 g/mol. The Hall–Kier alpha value is -2.47. The number of halogens is 1. The lowest BCUT2D eigenvalue weighted by Gasteiger charge is -2.08. The third-order valence-corrected chi connectivity index (χ3v) is 3.74. The third-order valence-electron chi connectivity index (χ3n) is 3.74. The van der Waals surface area contributed by atoms with E-state index in [2.05, 4.69) is 15.6 Å². The van der Waals surface area contributed by atoms with E-state index < -0.39 is 0 Å². The lowest BCUT2D eigenvalue weighted by molar-refractivity contribution is -0.120. The van der Waals surface area contributed by atoms with Crippen LogP contribution in [-0.4, -0.2) is 24.0 Å². The molecule has 5 nitrogen and oxygen atoms in total. The van der Waals surface area contributed by atoms with Crippen LogP contribution in [0.3, 0.4) is 0 Å². The molecule has 0 atom stereocenters. The first kappa shape index (κ1) is 16.4. The van der Waals surface area contributed by atoms with Crippen molar-refractivity contribution in [2.75, 3.05) is 13.1 Å². The Morgan fingerprint density at radius 1 is 1.25 bits per heavy atom. The summed E-state index contributed by atoms with van der Waals surface area (Å²) in [6, 6.07) is 9.30. The van der Waals surface area contributed by atoms with Crippen molar-refractivity contribution in [2.24, 2.45) is 5.92 Å². The Morgan fingerprint density at radius 2 is 2.04 bits per heavy atom. The number of nitrogens with one attached hydrogen (secondary N) is 2. The molecule has 1 aliphatic rings. The second kappa shape index (κ2) is 7.88. The highest BCUT2D eigenvalue weighted by atomic mass is 19.1. The maximum Gasteiger partial charge on any atom is 0.234 e. The van der Waals surface area contributed by atoms with Gasteiger partial charge in [-0.05, 0) is 61.2 Å². The first-order valence-corrected chi connectivity index (χ1v) is 8.05. The van der Waals surface area contributed by atoms with Crippen molar-refractivity contribution >= 4 is 5.91 Å². The standard InChI is InChI=1S/C18H20FN3O2/c19-15-3-5-16(6-4-15)24-18-9-14(7-8-21-18)11-22-17(23)12-20-10-13-1-2-13/h3-9,13,20H,1-2,10-12H2,(H,22,23). The monoisotopic (exact) mass is 329 g/mol. The maximum atomic E-state index is 12.9. The minimum atomic E-state index is -0.318. The summed E-state index contributed by atoms with van der Waals surface area (Å²) in [6.45, 7) is 1.66. The molecule has 0 bridgehead atoms. The molecule has 1 aromatic carbocycles. The van der Waals surface area contributed by atoms with E-state index in [4.69, 9.17) is 4.74 Å². The van der Waals surface area contributed by atoms with Crippen LogP contribution in [0.1, 0.15) is 18.4 Å². The quantitative estimate of drug-likeness (QED) is 0.781. The summed E-state index contributed by atoms with van der Waals surface area (Å²) in [5, 5.41) is 6.01. The molecule has 1 saturated carbocycles. The molecule has 0 aliphatic heterocycles. The number of amides is 1. The van der Waals surface area contributed by atoms with Crippen LogP contribution < -0.4 is 15.4 Å². The Morgan fingerprint density at radius 3 is 2.79 bits per heavy atom. The molecule has 2 aromatic rings. The van der Waals surface area contributed by atoms with Crippen molar-refractivity contribution in [1.29, 1.82) is 0 Å². The van der Waals surface area contributed by atoms with Gasteiger partial charge in [0.1, 0.15) is 11.6 Å². The van der Waals surface area contributed by atoms with E-state index in [0.717, 1.165) is 18.0 Å². The number of hydrogen-bond acceptors (Lipinski definition) is 4. The lowest BCUT2D eigenvalue weighted by Crippen LogP contribution is -2.34. The summed E-state index contributed by atoms with van der Waals surface area (Å²) in [7, 11) is 0. The summed E-state index contributed by atoms with van der Waals surface area (Å²) < 4.78 is 18.5. The zero-order valence-corrected chi connectivity index (χ0v) is 13.3. The highest BCUT2D eigenvalue weighted by molar-refractivity contribution is 5.77. The molecule has 0 saturated heterocycles. The van der Waals surface area contributed by atoms with E-state index in [1.54, 1.807) is 12.3 Å². The number of ether oxygens (including phenoxy) is 1. The van der Waals surface area contributed by atoms with Gasteiger partial charge in [-0.15, -0.1) is 0 Å². The summed E-state index contributed by atoms with van der Waals surface area (Å²) in [6.07, 6.45) is 4.15. The van der Waals surface area contributed by atoms with Gasteiger partial charge in [-0.1, -0.05) is 0 Å². The molecule has 24 heavy (non-hydrogen) atoms. The molecule has 1 amide bonds. The zero-order valence-electron chi connectivity index (χ0n) is 13.3. The molecule has 0 spiro atoms. The van der Waals surface area contributed by atoms with E-state index in [1.807, 2.05) is 6.07 Å². The second-order valence-electron chi connectivity index (χ2n) is 5.91. The molecule has 1 heterocycles. The topological polar surface area (TPSA) is 63.2 Å². The summed E-state index contributed by atoms with van der Waals surface area (Å²) in [4.78, 5) is 15.9. The van der Waals surface area contributed by atoms with Gasteiger partial charge in [0.05, 0.1) is 6.54 Å². The largest absolute Gasteiger partial charge is 0.439 e. The lowest BCUT2D eigenvalue weighted by atomic mass is 10.2. The number of hydrogen-bond donors (Lipinski definition) is 2. The number of rotatable bonds is 8. The van der Waals surface area contributed by atoms with E-state index in [9.17, 15) is 9.18 Å². The Bertz CT molecular complexity index is 687. The number of carbonyl (C=O) groups is 1. The first-order valence-electron chi connectivity index (χ1n) is 8.05. The minimum absolute atomic E-state index is 0.0338. The summed E-state index contributed by atoms with van der Waals surface area (Å²) >= 11 is 0. The van der Waals surface area contributed by atoms with Crippen LogP contribution in [0.2, 0.25) is 0 Å². The van der Waals surface area contributed by atoms with E-state index in [1.165, 1.54) is 37.1 Å². The van der Waals surface area contributed by atoms with Gasteiger partial charge in [0.15, 0.2) is 0 Å². The smallest absolute Gasteiger partial charge is 0.234 e. The fourth-order valence-electron chi connectivity index (χ4n) is 2.21. The molecular formula is C18H20FN3O2. The van der Waals surface area contributed by atoms with Crippen molar-refractivity contribution in [3.63, 3.8) is 0 Å². The maximum absolute atomic E-state index is 12.9. The highest BCUT2D eigenvalue weighted by Gasteiger charge is 2.20. The Labute approximate surface area is 140 Å². The summed E-state index contributed by atoms with van der Waals surface area (Å²) in [5.74, 6) is 1.31. The molecule has 1 aromatic heterocycles. The molecule has 126 valence electrons. The average Bonchev–Trinajstić information content (AvgIpc) is 3.40. The number of carbonyl (C=O) groups excluding carboxylic acids is 1. The molecule has 1 aliphatic carbocycles. The van der Waals surface area contributed by atoms with Crippen LogP contribution in [0.5, 0.6) is 11.6 Å². The minimum Gasteiger partial charge on any atom is -0.439 e. The van der Waals surface area contributed by atoms with Crippen molar-refractivity contribution in [2.45, 2.75) is 19.4 Å². The van der Waals surface area contributed by atoms with E-state index in [0.29, 0.717) is 24.7 Å². The predicted octanol–water partition coefficient (Wildman–Crippen LogP) is 2.63. The molecule has 6 heteroatoms. The number of benzene rings is 1. The SMILES string of the molecule is O=C(CNCC1CC1)NCc1ccnc(Oc2ccc(F)cc2)c1. The van der Waals surface area contributed by atoms with Crippen LogP contribution in [-0.2, 0) is 11.3 Å². The Kier molecular flexibility index (Phi) is 5.38. The molecule has 1 fully saturated rings. The third kappa shape index (κ3) is 5.31. The summed E-state index contributed by atoms with van der Waals surface area (Å²) in [5.41, 5.74) is 0.887. The van der Waals surface area contributed by atoms with Crippen molar-refractivity contribution in [3.8, 4) is 11.6 Å². The van der Waals surface area contributed by atoms with Crippen LogP contribution in [0, 0.1) is 11.7 Å². The van der Waals surface area contributed by atoms with Crippen LogP contribution >= 0.6 is 0 Å². The van der Waals surface area contributed by atoms with E-state index >= 15 is 0 Å². The van der Waals surface area contributed by atoms with Gasteiger partial charge >= 0.3 is 0 Å². The van der Waals surface area contributed by atoms with Gasteiger partial charge in [0, 0.05) is 18.8 Å². The predicted molar refractivity (Wildman–Crippen MR) is 88.2 cm³/mol. The van der Waals surface area contributed by atoms with Crippen molar-refractivity contribution in [3.05, 3.63) is 54.0 Å².